The fraction of sp³-hybridized carbons (Fsp3) is 0.400. The van der Waals surface area contributed by atoms with Crippen molar-refractivity contribution in [3.05, 3.63) is 53.1 Å². The third-order valence-corrected chi connectivity index (χ3v) is 4.16. The van der Waals surface area contributed by atoms with Crippen LogP contribution >= 0.6 is 0 Å². The van der Waals surface area contributed by atoms with Gasteiger partial charge in [-0.2, -0.15) is 0 Å². The summed E-state index contributed by atoms with van der Waals surface area (Å²) in [5.41, 5.74) is 5.28. The highest BCUT2D eigenvalue weighted by Gasteiger charge is 2.32. The second kappa shape index (κ2) is 4.25. The highest BCUT2D eigenvalue weighted by atomic mass is 15.1. The van der Waals surface area contributed by atoms with Gasteiger partial charge in [0.05, 0.1) is 24.1 Å². The molecular formula is C15H19N3. The molecule has 2 aromatic rings. The number of hydrogen-bond acceptors (Lipinski definition) is 2. The van der Waals surface area contributed by atoms with Gasteiger partial charge in [0.25, 0.3) is 0 Å². The van der Waals surface area contributed by atoms with Crippen LogP contribution < -0.4 is 5.32 Å². The van der Waals surface area contributed by atoms with E-state index in [-0.39, 0.29) is 0 Å². The van der Waals surface area contributed by atoms with Crippen LogP contribution in [0.25, 0.3) is 0 Å². The second-order valence-electron chi connectivity index (χ2n) is 5.06. The van der Waals surface area contributed by atoms with Crippen LogP contribution in [-0.4, -0.2) is 16.6 Å². The summed E-state index contributed by atoms with van der Waals surface area (Å²) >= 11 is 0. The number of rotatable bonds is 2. The molecule has 0 bridgehead atoms. The maximum atomic E-state index is 4.43. The third kappa shape index (κ3) is 1.58. The van der Waals surface area contributed by atoms with Crippen molar-refractivity contribution < 1.29 is 0 Å². The van der Waals surface area contributed by atoms with E-state index in [2.05, 4.69) is 53.0 Å². The van der Waals surface area contributed by atoms with Gasteiger partial charge in [-0.25, -0.2) is 4.98 Å². The number of hydrogen-bond donors (Lipinski definition) is 1. The van der Waals surface area contributed by atoms with Crippen LogP contribution in [0.1, 0.15) is 34.6 Å². The zero-order valence-electron chi connectivity index (χ0n) is 11.1. The van der Waals surface area contributed by atoms with Crippen molar-refractivity contribution in [2.45, 2.75) is 32.4 Å². The monoisotopic (exact) mass is 241 g/mol. The Morgan fingerprint density at radius 3 is 2.72 bits per heavy atom. The molecule has 1 heterocycles. The maximum Gasteiger partial charge on any atom is 0.0954 e. The lowest BCUT2D eigenvalue weighted by Gasteiger charge is -2.22. The molecule has 0 spiro atoms. The van der Waals surface area contributed by atoms with Crippen LogP contribution in [0.3, 0.4) is 0 Å². The number of fused-ring (bicyclic) bond motifs is 1. The number of imidazole rings is 1. The molecule has 94 valence electrons. The van der Waals surface area contributed by atoms with E-state index in [4.69, 9.17) is 0 Å². The van der Waals surface area contributed by atoms with Gasteiger partial charge in [0.2, 0.25) is 0 Å². The van der Waals surface area contributed by atoms with Gasteiger partial charge in [-0.3, -0.25) is 0 Å². The van der Waals surface area contributed by atoms with Crippen molar-refractivity contribution in [2.75, 3.05) is 7.05 Å². The fourth-order valence-electron chi connectivity index (χ4n) is 3.03. The lowest BCUT2D eigenvalue weighted by atomic mass is 10.1. The maximum absolute atomic E-state index is 4.43. The molecule has 0 saturated carbocycles. The standard InChI is InChI=1S/C15H19N3/c1-10-11(2)18(9-17-10)14-8-12-6-4-5-7-13(12)15(14)16-3/h4-7,9,14-16H,8H2,1-3H3. The Bertz CT molecular complexity index is 571. The van der Waals surface area contributed by atoms with E-state index in [1.54, 1.807) is 0 Å². The average Bonchev–Trinajstić information content (AvgIpc) is 2.91. The Kier molecular flexibility index (Phi) is 2.71. The van der Waals surface area contributed by atoms with Gasteiger partial charge in [-0.05, 0) is 38.4 Å². The molecule has 0 amide bonds. The lowest BCUT2D eigenvalue weighted by Crippen LogP contribution is -2.24. The SMILES string of the molecule is CNC1c2ccccc2CC1n1cnc(C)c1C. The normalized spacial score (nSPS) is 22.2. The second-order valence-corrected chi connectivity index (χ2v) is 5.06. The molecule has 1 aromatic carbocycles. The van der Waals surface area contributed by atoms with Gasteiger partial charge in [0.15, 0.2) is 0 Å². The Labute approximate surface area is 108 Å². The summed E-state index contributed by atoms with van der Waals surface area (Å²) in [5, 5.41) is 3.46. The molecule has 1 aliphatic carbocycles. The van der Waals surface area contributed by atoms with E-state index < -0.39 is 0 Å². The predicted octanol–water partition coefficient (Wildman–Crippen LogP) is 2.56. The molecule has 0 aliphatic heterocycles. The van der Waals surface area contributed by atoms with Crippen LogP contribution in [-0.2, 0) is 6.42 Å². The predicted molar refractivity (Wildman–Crippen MR) is 72.7 cm³/mol. The summed E-state index contributed by atoms with van der Waals surface area (Å²) in [5.74, 6) is 0. The van der Waals surface area contributed by atoms with Gasteiger partial charge in [0.1, 0.15) is 0 Å². The molecule has 3 rings (SSSR count). The molecule has 2 atom stereocenters. The Morgan fingerprint density at radius 1 is 1.28 bits per heavy atom. The highest BCUT2D eigenvalue weighted by Crippen LogP contribution is 2.39. The van der Waals surface area contributed by atoms with Crippen molar-refractivity contribution in [1.29, 1.82) is 0 Å². The molecule has 2 unspecified atom stereocenters. The molecular weight excluding hydrogens is 222 g/mol. The number of nitrogens with zero attached hydrogens (tertiary/aromatic N) is 2. The first-order valence-electron chi connectivity index (χ1n) is 6.47. The molecule has 3 heteroatoms. The third-order valence-electron chi connectivity index (χ3n) is 4.16. The molecule has 0 fully saturated rings. The van der Waals surface area contributed by atoms with Crippen LogP contribution in [0.15, 0.2) is 30.6 Å². The van der Waals surface area contributed by atoms with Crippen molar-refractivity contribution in [1.82, 2.24) is 14.9 Å². The number of benzene rings is 1. The fourth-order valence-corrected chi connectivity index (χ4v) is 3.03. The first-order chi connectivity index (χ1) is 8.72. The summed E-state index contributed by atoms with van der Waals surface area (Å²) in [6.07, 6.45) is 3.06. The summed E-state index contributed by atoms with van der Waals surface area (Å²) < 4.78 is 2.32. The van der Waals surface area contributed by atoms with Crippen LogP contribution in [0, 0.1) is 13.8 Å². The molecule has 0 saturated heterocycles. The van der Waals surface area contributed by atoms with Crippen molar-refractivity contribution >= 4 is 0 Å². The minimum Gasteiger partial charge on any atom is -0.329 e. The van der Waals surface area contributed by atoms with Crippen LogP contribution in [0.4, 0.5) is 0 Å². The molecule has 3 nitrogen and oxygen atoms in total. The lowest BCUT2D eigenvalue weighted by molar-refractivity contribution is 0.396. The van der Waals surface area contributed by atoms with E-state index in [0.717, 1.165) is 12.1 Å². The van der Waals surface area contributed by atoms with E-state index >= 15 is 0 Å². The van der Waals surface area contributed by atoms with Gasteiger partial charge >= 0.3 is 0 Å². The summed E-state index contributed by atoms with van der Waals surface area (Å²) in [6, 6.07) is 9.54. The first-order valence-corrected chi connectivity index (χ1v) is 6.47. The highest BCUT2D eigenvalue weighted by molar-refractivity contribution is 5.37. The quantitative estimate of drug-likeness (QED) is 0.875. The smallest absolute Gasteiger partial charge is 0.0954 e. The van der Waals surface area contributed by atoms with E-state index in [1.165, 1.54) is 16.8 Å². The molecule has 1 aromatic heterocycles. The Balaban J connectivity index is 2.03. The van der Waals surface area contributed by atoms with Gasteiger partial charge in [-0.1, -0.05) is 24.3 Å². The molecule has 1 aliphatic rings. The van der Waals surface area contributed by atoms with Crippen molar-refractivity contribution in [3.8, 4) is 0 Å². The summed E-state index contributed by atoms with van der Waals surface area (Å²) in [7, 11) is 2.04. The van der Waals surface area contributed by atoms with E-state index in [1.807, 2.05) is 13.4 Å². The molecule has 1 N–H and O–H groups in total. The van der Waals surface area contributed by atoms with Crippen LogP contribution in [0.2, 0.25) is 0 Å². The number of likely N-dealkylation sites (N-methyl/N-ethyl adjacent to an activating group) is 1. The number of aromatic nitrogens is 2. The van der Waals surface area contributed by atoms with Gasteiger partial charge in [-0.15, -0.1) is 0 Å². The Hall–Kier alpha value is -1.61. The molecule has 0 radical (unpaired) electrons. The Morgan fingerprint density at radius 2 is 2.06 bits per heavy atom. The number of aryl methyl sites for hydroxylation is 1. The van der Waals surface area contributed by atoms with Crippen molar-refractivity contribution in [3.63, 3.8) is 0 Å². The zero-order valence-corrected chi connectivity index (χ0v) is 11.1. The van der Waals surface area contributed by atoms with Gasteiger partial charge in [0, 0.05) is 5.69 Å². The minimum absolute atomic E-state index is 0.383. The van der Waals surface area contributed by atoms with Gasteiger partial charge < -0.3 is 9.88 Å². The minimum atomic E-state index is 0.383. The summed E-state index contributed by atoms with van der Waals surface area (Å²) in [4.78, 5) is 4.43. The van der Waals surface area contributed by atoms with E-state index in [0.29, 0.717) is 12.1 Å². The van der Waals surface area contributed by atoms with Crippen molar-refractivity contribution in [2.24, 2.45) is 0 Å². The van der Waals surface area contributed by atoms with Crippen LogP contribution in [0.5, 0.6) is 0 Å². The zero-order chi connectivity index (χ0) is 12.7. The first kappa shape index (κ1) is 11.5. The largest absolute Gasteiger partial charge is 0.329 e. The average molecular weight is 241 g/mol. The van der Waals surface area contributed by atoms with E-state index in [9.17, 15) is 0 Å². The summed E-state index contributed by atoms with van der Waals surface area (Å²) in [6.45, 7) is 4.22. The molecule has 18 heavy (non-hydrogen) atoms. The number of nitrogens with one attached hydrogen (secondary N) is 1. The topological polar surface area (TPSA) is 29.9 Å².